The Morgan fingerprint density at radius 2 is 2.18 bits per heavy atom. The van der Waals surface area contributed by atoms with Gasteiger partial charge in [0.1, 0.15) is 11.6 Å². The van der Waals surface area contributed by atoms with Gasteiger partial charge in [0.2, 0.25) is 0 Å². The van der Waals surface area contributed by atoms with E-state index in [9.17, 15) is 9.18 Å². The normalized spacial score (nSPS) is 18.4. The van der Waals surface area contributed by atoms with E-state index in [4.69, 9.17) is 5.11 Å². The van der Waals surface area contributed by atoms with Crippen molar-refractivity contribution in [3.8, 4) is 5.75 Å². The topological polar surface area (TPSA) is 40.5 Å². The van der Waals surface area contributed by atoms with Gasteiger partial charge in [0.05, 0.1) is 5.56 Å². The molecule has 0 aromatic heterocycles. The molecule has 4 heteroatoms. The molecule has 1 aliphatic heterocycles. The van der Waals surface area contributed by atoms with Gasteiger partial charge in [-0.1, -0.05) is 0 Å². The first-order valence-electron chi connectivity index (χ1n) is 5.72. The molecule has 1 fully saturated rings. The number of nitrogens with zero attached hydrogens (tertiary/aromatic N) is 1. The summed E-state index contributed by atoms with van der Waals surface area (Å²) in [6.07, 6.45) is 1.87. The van der Waals surface area contributed by atoms with E-state index < -0.39 is 5.82 Å². The molecule has 0 radical (unpaired) electrons. The fourth-order valence-electron chi connectivity index (χ4n) is 2.31. The summed E-state index contributed by atoms with van der Waals surface area (Å²) in [5.41, 5.74) is -0.195. The zero-order chi connectivity index (χ0) is 12.6. The van der Waals surface area contributed by atoms with E-state index in [1.54, 1.807) is 4.90 Å². The van der Waals surface area contributed by atoms with Gasteiger partial charge < -0.3 is 10.0 Å². The lowest BCUT2D eigenvalue weighted by molar-refractivity contribution is 0.0647. The summed E-state index contributed by atoms with van der Waals surface area (Å²) in [4.78, 5) is 13.9. The van der Waals surface area contributed by atoms with E-state index in [0.29, 0.717) is 6.54 Å². The highest BCUT2D eigenvalue weighted by Crippen LogP contribution is 2.30. The van der Waals surface area contributed by atoms with Gasteiger partial charge in [-0.2, -0.15) is 0 Å². The van der Waals surface area contributed by atoms with Gasteiger partial charge in [-0.05, 0) is 38.8 Å². The third kappa shape index (κ3) is 2.12. The first-order valence-corrected chi connectivity index (χ1v) is 5.72. The van der Waals surface area contributed by atoms with Crippen LogP contribution in [0.5, 0.6) is 5.75 Å². The standard InChI is InChI=1S/C13H16FNO2/c1-13(2)6-3-7-15(13)12(17)10-5-4-9(16)8-11(10)14/h4-5,8,16H,3,6-7H2,1-2H3. The molecule has 2 rings (SSSR count). The number of likely N-dealkylation sites (tertiary alicyclic amines) is 1. The van der Waals surface area contributed by atoms with Gasteiger partial charge in [-0.15, -0.1) is 0 Å². The molecule has 0 saturated carbocycles. The third-order valence-electron chi connectivity index (χ3n) is 3.33. The predicted octanol–water partition coefficient (Wildman–Crippen LogP) is 2.55. The van der Waals surface area contributed by atoms with Crippen molar-refractivity contribution in [2.45, 2.75) is 32.2 Å². The molecule has 1 aromatic rings. The van der Waals surface area contributed by atoms with Crippen LogP contribution in [-0.4, -0.2) is 28.0 Å². The van der Waals surface area contributed by atoms with Crippen molar-refractivity contribution in [1.82, 2.24) is 4.90 Å². The van der Waals surface area contributed by atoms with Crippen molar-refractivity contribution in [2.24, 2.45) is 0 Å². The van der Waals surface area contributed by atoms with Crippen molar-refractivity contribution >= 4 is 5.91 Å². The average Bonchev–Trinajstić information content (AvgIpc) is 2.57. The molecule has 0 spiro atoms. The Kier molecular flexibility index (Phi) is 2.81. The SMILES string of the molecule is CC1(C)CCCN1C(=O)c1ccc(O)cc1F. The minimum absolute atomic E-state index is 0.0257. The quantitative estimate of drug-likeness (QED) is 0.815. The first-order chi connectivity index (χ1) is 7.92. The van der Waals surface area contributed by atoms with E-state index >= 15 is 0 Å². The fourth-order valence-corrected chi connectivity index (χ4v) is 2.31. The highest BCUT2D eigenvalue weighted by molar-refractivity contribution is 5.95. The maximum absolute atomic E-state index is 13.6. The Labute approximate surface area is 99.9 Å². The van der Waals surface area contributed by atoms with Crippen molar-refractivity contribution in [2.75, 3.05) is 6.54 Å². The molecular weight excluding hydrogens is 221 g/mol. The molecule has 3 nitrogen and oxygen atoms in total. The molecule has 0 unspecified atom stereocenters. The molecule has 1 heterocycles. The monoisotopic (exact) mass is 237 g/mol. The smallest absolute Gasteiger partial charge is 0.257 e. The number of hydrogen-bond donors (Lipinski definition) is 1. The zero-order valence-electron chi connectivity index (χ0n) is 10.0. The molecule has 1 saturated heterocycles. The van der Waals surface area contributed by atoms with E-state index in [2.05, 4.69) is 0 Å². The minimum atomic E-state index is -0.669. The summed E-state index contributed by atoms with van der Waals surface area (Å²) >= 11 is 0. The molecular formula is C13H16FNO2. The lowest BCUT2D eigenvalue weighted by Gasteiger charge is -2.31. The van der Waals surface area contributed by atoms with Crippen molar-refractivity contribution < 1.29 is 14.3 Å². The van der Waals surface area contributed by atoms with Crippen LogP contribution in [-0.2, 0) is 0 Å². The van der Waals surface area contributed by atoms with E-state index in [0.717, 1.165) is 18.9 Å². The van der Waals surface area contributed by atoms with Crippen LogP contribution in [0.15, 0.2) is 18.2 Å². The average molecular weight is 237 g/mol. The van der Waals surface area contributed by atoms with Gasteiger partial charge in [-0.25, -0.2) is 4.39 Å². The van der Waals surface area contributed by atoms with Crippen molar-refractivity contribution in [3.63, 3.8) is 0 Å². The summed E-state index contributed by atoms with van der Waals surface area (Å²) in [5, 5.41) is 9.12. The van der Waals surface area contributed by atoms with Crippen LogP contribution in [0.4, 0.5) is 4.39 Å². The lowest BCUT2D eigenvalue weighted by atomic mass is 10.0. The number of rotatable bonds is 1. The largest absolute Gasteiger partial charge is 0.508 e. The van der Waals surface area contributed by atoms with Gasteiger partial charge in [0.25, 0.3) is 5.91 Å². The van der Waals surface area contributed by atoms with E-state index in [1.165, 1.54) is 12.1 Å². The predicted molar refractivity (Wildman–Crippen MR) is 62.4 cm³/mol. The highest BCUT2D eigenvalue weighted by atomic mass is 19.1. The summed E-state index contributed by atoms with van der Waals surface area (Å²) in [6, 6.07) is 3.64. The highest BCUT2D eigenvalue weighted by Gasteiger charge is 2.36. The van der Waals surface area contributed by atoms with Crippen LogP contribution in [0.25, 0.3) is 0 Å². The maximum Gasteiger partial charge on any atom is 0.257 e. The second-order valence-electron chi connectivity index (χ2n) is 5.04. The molecule has 1 amide bonds. The number of halogens is 1. The van der Waals surface area contributed by atoms with Crippen LogP contribution in [0.2, 0.25) is 0 Å². The number of phenolic OH excluding ortho intramolecular Hbond substituents is 1. The van der Waals surface area contributed by atoms with Gasteiger partial charge in [0, 0.05) is 18.2 Å². The first kappa shape index (κ1) is 11.9. The molecule has 1 aliphatic rings. The van der Waals surface area contributed by atoms with Crippen LogP contribution >= 0.6 is 0 Å². The van der Waals surface area contributed by atoms with Gasteiger partial charge >= 0.3 is 0 Å². The Balaban J connectivity index is 2.31. The number of phenols is 1. The number of amides is 1. The zero-order valence-corrected chi connectivity index (χ0v) is 10.0. The number of benzene rings is 1. The summed E-state index contributed by atoms with van der Waals surface area (Å²) in [7, 11) is 0. The third-order valence-corrected chi connectivity index (χ3v) is 3.33. The van der Waals surface area contributed by atoms with Crippen LogP contribution in [0, 0.1) is 5.82 Å². The van der Waals surface area contributed by atoms with E-state index in [-0.39, 0.29) is 22.8 Å². The number of carbonyl (C=O) groups is 1. The van der Waals surface area contributed by atoms with Crippen LogP contribution in [0.1, 0.15) is 37.0 Å². The molecule has 0 aliphatic carbocycles. The van der Waals surface area contributed by atoms with E-state index in [1.807, 2.05) is 13.8 Å². The Morgan fingerprint density at radius 3 is 2.71 bits per heavy atom. The number of aromatic hydroxyl groups is 1. The van der Waals surface area contributed by atoms with Gasteiger partial charge in [-0.3, -0.25) is 4.79 Å². The van der Waals surface area contributed by atoms with Gasteiger partial charge in [0.15, 0.2) is 0 Å². The Hall–Kier alpha value is -1.58. The molecule has 0 atom stereocenters. The molecule has 17 heavy (non-hydrogen) atoms. The van der Waals surface area contributed by atoms with Crippen LogP contribution in [0.3, 0.4) is 0 Å². The number of carbonyl (C=O) groups excluding carboxylic acids is 1. The summed E-state index contributed by atoms with van der Waals surface area (Å²) in [6.45, 7) is 4.62. The summed E-state index contributed by atoms with van der Waals surface area (Å²) < 4.78 is 13.6. The maximum atomic E-state index is 13.6. The molecule has 92 valence electrons. The molecule has 1 N–H and O–H groups in total. The summed E-state index contributed by atoms with van der Waals surface area (Å²) in [5.74, 6) is -1.14. The second kappa shape index (κ2) is 4.02. The Morgan fingerprint density at radius 1 is 1.47 bits per heavy atom. The molecule has 0 bridgehead atoms. The Bertz CT molecular complexity index is 457. The van der Waals surface area contributed by atoms with Crippen LogP contribution < -0.4 is 0 Å². The van der Waals surface area contributed by atoms with Crippen molar-refractivity contribution in [3.05, 3.63) is 29.6 Å². The molecule has 1 aromatic carbocycles. The second-order valence-corrected chi connectivity index (χ2v) is 5.04. The minimum Gasteiger partial charge on any atom is -0.508 e. The number of hydrogen-bond acceptors (Lipinski definition) is 2. The van der Waals surface area contributed by atoms with Crippen molar-refractivity contribution in [1.29, 1.82) is 0 Å². The lowest BCUT2D eigenvalue weighted by Crippen LogP contribution is -2.42. The fraction of sp³-hybridized carbons (Fsp3) is 0.462.